The summed E-state index contributed by atoms with van der Waals surface area (Å²) in [5.41, 5.74) is 1.63. The molecule has 7 nitrogen and oxygen atoms in total. The van der Waals surface area contributed by atoms with Gasteiger partial charge in [0, 0.05) is 18.9 Å². The standard InChI is InChI=1S/C18H33N3O4/c1-11(2)10-14(12(3)16(22)21-25)17(23)20-15(18(24)19-4)13-8-6-5-7-9-13/h11-15,25H,5-10H2,1-4H3,(H,19,24)(H,20,23)(H,21,22)/t12-,14-,15-/m0/s1. The molecule has 0 bridgehead atoms. The molecule has 0 unspecified atom stereocenters. The van der Waals surface area contributed by atoms with Crippen LogP contribution in [0.4, 0.5) is 0 Å². The summed E-state index contributed by atoms with van der Waals surface area (Å²) in [5.74, 6) is -2.02. The summed E-state index contributed by atoms with van der Waals surface area (Å²) in [6.07, 6.45) is 5.62. The van der Waals surface area contributed by atoms with Crippen LogP contribution in [0.5, 0.6) is 0 Å². The highest BCUT2D eigenvalue weighted by Gasteiger charge is 2.35. The van der Waals surface area contributed by atoms with Gasteiger partial charge in [-0.1, -0.05) is 40.0 Å². The number of hydrogen-bond acceptors (Lipinski definition) is 4. The zero-order chi connectivity index (χ0) is 19.0. The third-order valence-electron chi connectivity index (χ3n) is 5.14. The summed E-state index contributed by atoms with van der Waals surface area (Å²) in [4.78, 5) is 37.0. The van der Waals surface area contributed by atoms with E-state index in [1.807, 2.05) is 13.8 Å². The molecule has 0 radical (unpaired) electrons. The molecule has 0 heterocycles. The predicted molar refractivity (Wildman–Crippen MR) is 94.6 cm³/mol. The van der Waals surface area contributed by atoms with Crippen LogP contribution in [0.1, 0.15) is 59.3 Å². The van der Waals surface area contributed by atoms with Gasteiger partial charge in [-0.05, 0) is 31.1 Å². The monoisotopic (exact) mass is 355 g/mol. The van der Waals surface area contributed by atoms with Crippen molar-refractivity contribution in [1.82, 2.24) is 16.1 Å². The third kappa shape index (κ3) is 6.30. The average molecular weight is 355 g/mol. The third-order valence-corrected chi connectivity index (χ3v) is 5.14. The molecule has 144 valence electrons. The van der Waals surface area contributed by atoms with Gasteiger partial charge < -0.3 is 10.6 Å². The van der Waals surface area contributed by atoms with Crippen molar-refractivity contribution in [3.8, 4) is 0 Å². The smallest absolute Gasteiger partial charge is 0.246 e. The minimum absolute atomic E-state index is 0.124. The largest absolute Gasteiger partial charge is 0.357 e. The van der Waals surface area contributed by atoms with Gasteiger partial charge in [-0.25, -0.2) is 5.48 Å². The van der Waals surface area contributed by atoms with Crippen molar-refractivity contribution < 1.29 is 19.6 Å². The maximum absolute atomic E-state index is 12.9. The summed E-state index contributed by atoms with van der Waals surface area (Å²) in [7, 11) is 1.57. The van der Waals surface area contributed by atoms with E-state index in [4.69, 9.17) is 5.21 Å². The molecule has 0 spiro atoms. The van der Waals surface area contributed by atoms with Gasteiger partial charge in [-0.2, -0.15) is 0 Å². The van der Waals surface area contributed by atoms with Crippen molar-refractivity contribution in [1.29, 1.82) is 0 Å². The number of rotatable bonds is 8. The van der Waals surface area contributed by atoms with Crippen LogP contribution in [0.15, 0.2) is 0 Å². The number of hydrogen-bond donors (Lipinski definition) is 4. The number of nitrogens with one attached hydrogen (secondary N) is 3. The summed E-state index contributed by atoms with van der Waals surface area (Å²) in [6.45, 7) is 5.57. The summed E-state index contributed by atoms with van der Waals surface area (Å²) < 4.78 is 0. The second-order valence-electron chi connectivity index (χ2n) is 7.50. The number of amides is 3. The minimum atomic E-state index is -0.677. The Morgan fingerprint density at radius 3 is 2.08 bits per heavy atom. The van der Waals surface area contributed by atoms with E-state index in [-0.39, 0.29) is 23.7 Å². The Balaban J connectivity index is 2.91. The maximum Gasteiger partial charge on any atom is 0.246 e. The first-order valence-corrected chi connectivity index (χ1v) is 9.27. The topological polar surface area (TPSA) is 108 Å². The van der Waals surface area contributed by atoms with Gasteiger partial charge in [-0.15, -0.1) is 0 Å². The first-order chi connectivity index (χ1) is 11.8. The molecule has 1 aliphatic rings. The lowest BCUT2D eigenvalue weighted by atomic mass is 9.81. The van der Waals surface area contributed by atoms with Crippen LogP contribution in [0.25, 0.3) is 0 Å². The highest BCUT2D eigenvalue weighted by molar-refractivity contribution is 5.91. The van der Waals surface area contributed by atoms with Gasteiger partial charge in [0.2, 0.25) is 17.7 Å². The van der Waals surface area contributed by atoms with E-state index in [0.29, 0.717) is 6.42 Å². The van der Waals surface area contributed by atoms with E-state index in [1.165, 1.54) is 0 Å². The van der Waals surface area contributed by atoms with E-state index in [1.54, 1.807) is 19.5 Å². The van der Waals surface area contributed by atoms with Crippen molar-refractivity contribution in [2.75, 3.05) is 7.05 Å². The molecule has 1 aliphatic carbocycles. The second kappa shape index (κ2) is 10.4. The first kappa shape index (κ1) is 21.4. The van der Waals surface area contributed by atoms with Crippen molar-refractivity contribution in [3.05, 3.63) is 0 Å². The Morgan fingerprint density at radius 2 is 1.60 bits per heavy atom. The van der Waals surface area contributed by atoms with Gasteiger partial charge in [0.15, 0.2) is 0 Å². The zero-order valence-corrected chi connectivity index (χ0v) is 15.8. The summed E-state index contributed by atoms with van der Waals surface area (Å²) in [6, 6.07) is -0.572. The molecule has 3 atom stereocenters. The van der Waals surface area contributed by atoms with E-state index in [2.05, 4.69) is 10.6 Å². The van der Waals surface area contributed by atoms with Gasteiger partial charge in [-0.3, -0.25) is 19.6 Å². The predicted octanol–water partition coefficient (Wildman–Crippen LogP) is 1.60. The molecule has 3 amide bonds. The highest BCUT2D eigenvalue weighted by atomic mass is 16.5. The molecule has 7 heteroatoms. The van der Waals surface area contributed by atoms with Crippen molar-refractivity contribution >= 4 is 17.7 Å². The zero-order valence-electron chi connectivity index (χ0n) is 15.8. The molecule has 1 saturated carbocycles. The van der Waals surface area contributed by atoms with E-state index >= 15 is 0 Å². The number of carbonyl (C=O) groups excluding carboxylic acids is 3. The molecular weight excluding hydrogens is 322 g/mol. The van der Waals surface area contributed by atoms with Crippen LogP contribution in [0.3, 0.4) is 0 Å². The van der Waals surface area contributed by atoms with Crippen molar-refractivity contribution in [2.24, 2.45) is 23.7 Å². The molecular formula is C18H33N3O4. The minimum Gasteiger partial charge on any atom is -0.357 e. The van der Waals surface area contributed by atoms with Gasteiger partial charge in [0.1, 0.15) is 6.04 Å². The average Bonchev–Trinajstić information content (AvgIpc) is 2.62. The molecule has 0 saturated heterocycles. The number of hydroxylamine groups is 1. The first-order valence-electron chi connectivity index (χ1n) is 9.27. The lowest BCUT2D eigenvalue weighted by Crippen LogP contribution is -2.53. The summed E-state index contributed by atoms with van der Waals surface area (Å²) in [5, 5.41) is 14.4. The Bertz CT molecular complexity index is 461. The van der Waals surface area contributed by atoms with Crippen LogP contribution in [0, 0.1) is 23.7 Å². The molecule has 4 N–H and O–H groups in total. The fraction of sp³-hybridized carbons (Fsp3) is 0.833. The Kier molecular flexibility index (Phi) is 8.89. The van der Waals surface area contributed by atoms with Crippen LogP contribution in [-0.4, -0.2) is 36.0 Å². The van der Waals surface area contributed by atoms with Gasteiger partial charge in [0.25, 0.3) is 0 Å². The van der Waals surface area contributed by atoms with Crippen LogP contribution in [0.2, 0.25) is 0 Å². The SMILES string of the molecule is CNC(=O)[C@@H](NC(=O)[C@@H](CC(C)C)[C@H](C)C(=O)NO)C1CCCCC1. The van der Waals surface area contributed by atoms with E-state index < -0.39 is 23.8 Å². The number of likely N-dealkylation sites (N-methyl/N-ethyl adjacent to an activating group) is 1. The normalized spacial score (nSPS) is 19.0. The molecule has 0 aromatic carbocycles. The van der Waals surface area contributed by atoms with Crippen LogP contribution >= 0.6 is 0 Å². The molecule has 1 rings (SSSR count). The quantitative estimate of drug-likeness (QED) is 0.392. The van der Waals surface area contributed by atoms with Crippen molar-refractivity contribution in [2.45, 2.75) is 65.3 Å². The number of carbonyl (C=O) groups is 3. The fourth-order valence-corrected chi connectivity index (χ4v) is 3.61. The molecule has 0 aliphatic heterocycles. The van der Waals surface area contributed by atoms with Gasteiger partial charge in [0.05, 0.1) is 0 Å². The molecule has 25 heavy (non-hydrogen) atoms. The fourth-order valence-electron chi connectivity index (χ4n) is 3.61. The van der Waals surface area contributed by atoms with E-state index in [9.17, 15) is 14.4 Å². The highest BCUT2D eigenvalue weighted by Crippen LogP contribution is 2.28. The Morgan fingerprint density at radius 1 is 1.00 bits per heavy atom. The molecule has 0 aromatic rings. The molecule has 1 fully saturated rings. The molecule has 0 aromatic heterocycles. The van der Waals surface area contributed by atoms with E-state index in [0.717, 1.165) is 32.1 Å². The maximum atomic E-state index is 12.9. The van der Waals surface area contributed by atoms with Gasteiger partial charge >= 0.3 is 0 Å². The Labute approximate surface area is 150 Å². The lowest BCUT2D eigenvalue weighted by molar-refractivity contribution is -0.141. The van der Waals surface area contributed by atoms with Crippen molar-refractivity contribution in [3.63, 3.8) is 0 Å². The second-order valence-corrected chi connectivity index (χ2v) is 7.50. The summed E-state index contributed by atoms with van der Waals surface area (Å²) >= 11 is 0. The lowest BCUT2D eigenvalue weighted by Gasteiger charge is -2.32. The van der Waals surface area contributed by atoms with Crippen LogP contribution < -0.4 is 16.1 Å². The van der Waals surface area contributed by atoms with Crippen LogP contribution in [-0.2, 0) is 14.4 Å². The Hall–Kier alpha value is -1.63.